The number of halogens is 3. The Labute approximate surface area is 171 Å². The van der Waals surface area contributed by atoms with Crippen LogP contribution in [0.3, 0.4) is 0 Å². The van der Waals surface area contributed by atoms with Crippen molar-refractivity contribution in [3.63, 3.8) is 0 Å². The van der Waals surface area contributed by atoms with Gasteiger partial charge in [-0.3, -0.25) is 9.59 Å². The summed E-state index contributed by atoms with van der Waals surface area (Å²) < 4.78 is 39.0. The lowest BCUT2D eigenvalue weighted by Gasteiger charge is -2.22. The molecule has 158 valence electrons. The number of carbonyl (C=O) groups excluding carboxylic acids is 1. The molecule has 30 heavy (non-hydrogen) atoms. The van der Waals surface area contributed by atoms with Gasteiger partial charge >= 0.3 is 6.18 Å². The van der Waals surface area contributed by atoms with Crippen LogP contribution >= 0.6 is 0 Å². The van der Waals surface area contributed by atoms with Crippen LogP contribution in [0.2, 0.25) is 0 Å². The molecule has 0 saturated carbocycles. The van der Waals surface area contributed by atoms with Crippen LogP contribution in [0, 0.1) is 6.92 Å². The molecule has 0 saturated heterocycles. The molecule has 5 nitrogen and oxygen atoms in total. The van der Waals surface area contributed by atoms with Crippen LogP contribution < -0.4 is 16.3 Å². The molecule has 8 heteroatoms. The number of nitrogens with one attached hydrogen (secondary N) is 2. The maximum Gasteiger partial charge on any atom is 0.407 e. The van der Waals surface area contributed by atoms with Gasteiger partial charge in [-0.05, 0) is 25.0 Å². The maximum absolute atomic E-state index is 13.2. The van der Waals surface area contributed by atoms with Crippen molar-refractivity contribution in [1.29, 1.82) is 0 Å². The molecule has 2 aromatic carbocycles. The monoisotopic (exact) mass is 417 g/mol. The van der Waals surface area contributed by atoms with E-state index in [1.54, 1.807) is 18.2 Å². The number of pyridine rings is 1. The van der Waals surface area contributed by atoms with Crippen LogP contribution in [0.5, 0.6) is 0 Å². The molecule has 0 bridgehead atoms. The Balaban J connectivity index is 2.07. The number of amides is 1. The number of hydrogen-bond donors (Lipinski definition) is 2. The Morgan fingerprint density at radius 1 is 1.03 bits per heavy atom. The van der Waals surface area contributed by atoms with E-state index < -0.39 is 24.2 Å². The molecule has 3 aromatic rings. The predicted octanol–water partition coefficient (Wildman–Crippen LogP) is 4.30. The molecule has 0 aliphatic heterocycles. The fourth-order valence-electron chi connectivity index (χ4n) is 3.45. The first kappa shape index (κ1) is 21.4. The quantitative estimate of drug-likeness (QED) is 0.629. The molecule has 1 amide bonds. The van der Waals surface area contributed by atoms with Gasteiger partial charge in [0.2, 0.25) is 0 Å². The first-order valence-corrected chi connectivity index (χ1v) is 9.53. The number of carbonyl (C=O) groups is 1. The summed E-state index contributed by atoms with van der Waals surface area (Å²) in [6.07, 6.45) is -3.89. The molecule has 0 fully saturated rings. The minimum Gasteiger partial charge on any atom is -0.345 e. The molecular formula is C22H22F3N3O2. The van der Waals surface area contributed by atoms with Crippen LogP contribution in [-0.4, -0.2) is 23.3 Å². The molecule has 1 atom stereocenters. The van der Waals surface area contributed by atoms with Gasteiger partial charge in [0.25, 0.3) is 11.5 Å². The Hall–Kier alpha value is -3.29. The van der Waals surface area contributed by atoms with Crippen molar-refractivity contribution >= 4 is 16.7 Å². The molecule has 3 rings (SSSR count). The zero-order chi connectivity index (χ0) is 21.9. The highest BCUT2D eigenvalue weighted by Crippen LogP contribution is 2.22. The Morgan fingerprint density at radius 2 is 1.63 bits per heavy atom. The second-order valence-electron chi connectivity index (χ2n) is 6.94. The fourth-order valence-corrected chi connectivity index (χ4v) is 3.45. The highest BCUT2D eigenvalue weighted by molar-refractivity contribution is 6.07. The lowest BCUT2D eigenvalue weighted by Crippen LogP contribution is -2.39. The number of benzene rings is 2. The van der Waals surface area contributed by atoms with Crippen molar-refractivity contribution in [3.8, 4) is 0 Å². The molecule has 0 radical (unpaired) electrons. The molecular weight excluding hydrogens is 395 g/mol. The van der Waals surface area contributed by atoms with E-state index in [-0.39, 0.29) is 22.7 Å². The first-order chi connectivity index (χ1) is 14.2. The van der Waals surface area contributed by atoms with Gasteiger partial charge in [-0.15, -0.1) is 0 Å². The molecule has 0 unspecified atom stereocenters. The van der Waals surface area contributed by atoms with Crippen molar-refractivity contribution < 1.29 is 18.0 Å². The fraction of sp³-hybridized carbons (Fsp3) is 0.273. The highest BCUT2D eigenvalue weighted by Gasteiger charge is 2.28. The van der Waals surface area contributed by atoms with Gasteiger partial charge in [0.1, 0.15) is 6.54 Å². The van der Waals surface area contributed by atoms with Crippen LogP contribution in [0.15, 0.2) is 59.4 Å². The summed E-state index contributed by atoms with van der Waals surface area (Å²) in [6, 6.07) is 15.5. The Kier molecular flexibility index (Phi) is 6.14. The van der Waals surface area contributed by atoms with E-state index in [9.17, 15) is 22.8 Å². The third-order valence-corrected chi connectivity index (χ3v) is 4.91. The molecule has 0 aliphatic carbocycles. The van der Waals surface area contributed by atoms with Crippen molar-refractivity contribution in [2.75, 3.05) is 12.0 Å². The van der Waals surface area contributed by atoms with Crippen LogP contribution in [0.25, 0.3) is 10.8 Å². The van der Waals surface area contributed by atoms with Crippen LogP contribution in [0.4, 0.5) is 13.2 Å². The van der Waals surface area contributed by atoms with Crippen molar-refractivity contribution in [2.45, 2.75) is 32.5 Å². The molecule has 0 aliphatic rings. The van der Waals surface area contributed by atoms with Crippen LogP contribution in [-0.2, 0) is 0 Å². The highest BCUT2D eigenvalue weighted by atomic mass is 19.4. The van der Waals surface area contributed by atoms with Gasteiger partial charge in [-0.2, -0.15) is 13.2 Å². The van der Waals surface area contributed by atoms with Crippen molar-refractivity contribution in [3.05, 3.63) is 81.8 Å². The lowest BCUT2D eigenvalue weighted by atomic mass is 10.0. The van der Waals surface area contributed by atoms with Crippen molar-refractivity contribution in [2.24, 2.45) is 0 Å². The normalized spacial score (nSPS) is 12.6. The van der Waals surface area contributed by atoms with E-state index in [0.29, 0.717) is 11.8 Å². The van der Waals surface area contributed by atoms with E-state index >= 15 is 0 Å². The minimum absolute atomic E-state index is 0.114. The number of nitrogens with zero attached hydrogens (tertiary/aromatic N) is 1. The zero-order valence-electron chi connectivity index (χ0n) is 16.6. The van der Waals surface area contributed by atoms with Crippen molar-refractivity contribution in [1.82, 2.24) is 9.99 Å². The maximum atomic E-state index is 13.2. The second kappa shape index (κ2) is 8.61. The van der Waals surface area contributed by atoms with E-state index in [0.717, 1.165) is 10.2 Å². The van der Waals surface area contributed by atoms with E-state index in [1.807, 2.05) is 37.3 Å². The van der Waals surface area contributed by atoms with Gasteiger partial charge in [-0.1, -0.05) is 55.5 Å². The smallest absolute Gasteiger partial charge is 0.345 e. The molecule has 2 N–H and O–H groups in total. The Morgan fingerprint density at radius 3 is 2.23 bits per heavy atom. The average Bonchev–Trinajstić information content (AvgIpc) is 2.72. The van der Waals surface area contributed by atoms with E-state index in [1.165, 1.54) is 13.0 Å². The lowest BCUT2D eigenvalue weighted by molar-refractivity contribution is -0.116. The predicted molar refractivity (Wildman–Crippen MR) is 110 cm³/mol. The van der Waals surface area contributed by atoms with Gasteiger partial charge in [-0.25, -0.2) is 4.68 Å². The number of rotatable bonds is 6. The second-order valence-corrected chi connectivity index (χ2v) is 6.94. The van der Waals surface area contributed by atoms with Gasteiger partial charge in [0.05, 0.1) is 17.3 Å². The summed E-state index contributed by atoms with van der Waals surface area (Å²) in [5.41, 5.74) is 2.66. The molecule has 1 aromatic heterocycles. The summed E-state index contributed by atoms with van der Waals surface area (Å²) in [7, 11) is 0. The van der Waals surface area contributed by atoms with Crippen LogP contribution in [0.1, 0.15) is 41.0 Å². The Bertz CT molecular complexity index is 1110. The van der Waals surface area contributed by atoms with E-state index in [4.69, 9.17) is 0 Å². The number of aromatic nitrogens is 1. The summed E-state index contributed by atoms with van der Waals surface area (Å²) in [6.45, 7) is 1.99. The van der Waals surface area contributed by atoms with Gasteiger partial charge in [0, 0.05) is 10.8 Å². The molecule has 0 spiro atoms. The largest absolute Gasteiger partial charge is 0.407 e. The standard InChI is InChI=1S/C22H22F3N3O2/c1-3-18(15-9-5-4-6-10-15)27-20(29)19-14(2)28(26-13-22(23,24)25)21(30)17-12-8-7-11-16(17)19/h4-12,18,26H,3,13H2,1-2H3,(H,27,29)/t18-/m0/s1. The van der Waals surface area contributed by atoms with Gasteiger partial charge in [0.15, 0.2) is 0 Å². The number of fused-ring (bicyclic) bond motifs is 1. The minimum atomic E-state index is -4.51. The number of alkyl halides is 3. The third-order valence-electron chi connectivity index (χ3n) is 4.91. The first-order valence-electron chi connectivity index (χ1n) is 9.53. The average molecular weight is 417 g/mol. The van der Waals surface area contributed by atoms with Gasteiger partial charge < -0.3 is 10.7 Å². The zero-order valence-corrected chi connectivity index (χ0v) is 16.6. The summed E-state index contributed by atoms with van der Waals surface area (Å²) in [5.74, 6) is -0.457. The number of hydrogen-bond acceptors (Lipinski definition) is 3. The SMILES string of the molecule is CC[C@H](NC(=O)c1c(C)n(NCC(F)(F)F)c(=O)c2ccccc12)c1ccccc1. The summed E-state index contributed by atoms with van der Waals surface area (Å²) >= 11 is 0. The van der Waals surface area contributed by atoms with E-state index in [2.05, 4.69) is 10.7 Å². The summed E-state index contributed by atoms with van der Waals surface area (Å²) in [4.78, 5) is 26.0. The third kappa shape index (κ3) is 4.48. The molecule has 1 heterocycles. The topological polar surface area (TPSA) is 63.1 Å². The summed E-state index contributed by atoms with van der Waals surface area (Å²) in [5, 5.41) is 3.50.